The highest BCUT2D eigenvalue weighted by Crippen LogP contribution is 2.43. The van der Waals surface area contributed by atoms with Gasteiger partial charge in [0.05, 0.1) is 74.2 Å². The Kier molecular flexibility index (Phi) is 19.5. The molecule has 0 atom stereocenters. The number of rotatable bonds is 20. The number of aromatic nitrogens is 5. The highest BCUT2D eigenvalue weighted by molar-refractivity contribution is 6.15. The van der Waals surface area contributed by atoms with Crippen LogP contribution in [0.2, 0.25) is 0 Å². The molecular weight excluding hydrogens is 1420 g/mol. The average Bonchev–Trinajstić information content (AvgIpc) is 1.57. The van der Waals surface area contributed by atoms with Crippen LogP contribution < -0.4 is 0 Å². The molecule has 14 aromatic carbocycles. The van der Waals surface area contributed by atoms with E-state index < -0.39 is 23.9 Å². The van der Waals surface area contributed by atoms with E-state index in [1.807, 2.05) is 261 Å². The third-order valence-electron chi connectivity index (χ3n) is 20.0. The molecule has 17 aromatic rings. The molecule has 0 aliphatic heterocycles. The molecule has 114 heavy (non-hydrogen) atoms. The van der Waals surface area contributed by atoms with E-state index in [2.05, 4.69) is 26.1 Å². The molecule has 0 aliphatic rings. The van der Waals surface area contributed by atoms with E-state index in [1.165, 1.54) is 0 Å². The lowest BCUT2D eigenvalue weighted by atomic mass is 9.96. The topological polar surface area (TPSA) is 206 Å². The summed E-state index contributed by atoms with van der Waals surface area (Å²) in [7, 11) is 0. The van der Waals surface area contributed by atoms with Gasteiger partial charge in [-0.1, -0.05) is 182 Å². The molecule has 3 heterocycles. The van der Waals surface area contributed by atoms with Crippen molar-refractivity contribution in [3.05, 3.63) is 395 Å². The van der Waals surface area contributed by atoms with Gasteiger partial charge in [0.25, 0.3) is 0 Å². The smallest absolute Gasteiger partial charge is 0.338 e. The maximum atomic E-state index is 14.1. The minimum atomic E-state index is -0.534. The molecule has 16 heteroatoms. The fraction of sp³-hybridized carbons (Fsp3) is 0.0408. The lowest BCUT2D eigenvalue weighted by Crippen LogP contribution is -2.05. The van der Waals surface area contributed by atoms with Gasteiger partial charge in [-0.05, 0) is 201 Å². The predicted octanol–water partition coefficient (Wildman–Crippen LogP) is 21.8. The number of esters is 4. The first-order valence-corrected chi connectivity index (χ1v) is 36.6. The predicted molar refractivity (Wildman–Crippen MR) is 439 cm³/mol. The number of nitriles is 2. The van der Waals surface area contributed by atoms with Crippen LogP contribution in [-0.4, -0.2) is 48.0 Å². The molecule has 17 rings (SSSR count). The minimum Gasteiger partial charge on any atom is -0.457 e. The molecule has 0 aliphatic carbocycles. The van der Waals surface area contributed by atoms with E-state index in [0.717, 1.165) is 33.4 Å². The summed E-state index contributed by atoms with van der Waals surface area (Å²) in [6.07, 6.45) is 0. The van der Waals surface area contributed by atoms with Gasteiger partial charge in [-0.25, -0.2) is 39.0 Å². The number of fused-ring (bicyclic) bond motifs is 6. The van der Waals surface area contributed by atoms with Crippen molar-refractivity contribution in [3.8, 4) is 91.1 Å². The van der Waals surface area contributed by atoms with Crippen molar-refractivity contribution in [1.29, 1.82) is 10.5 Å². The van der Waals surface area contributed by atoms with Gasteiger partial charge in [0, 0.05) is 49.6 Å². The molecule has 0 N–H and O–H groups in total. The largest absolute Gasteiger partial charge is 0.457 e. The summed E-state index contributed by atoms with van der Waals surface area (Å²) in [6.45, 7) is 8.51. The lowest BCUT2D eigenvalue weighted by molar-refractivity contribution is 0.0464. The van der Waals surface area contributed by atoms with Crippen molar-refractivity contribution in [2.45, 2.75) is 26.4 Å². The Morgan fingerprint density at radius 1 is 0.307 bits per heavy atom. The van der Waals surface area contributed by atoms with E-state index in [9.17, 15) is 29.7 Å². The molecule has 0 bridgehead atoms. The van der Waals surface area contributed by atoms with Crippen LogP contribution in [0.4, 0.5) is 5.69 Å². The van der Waals surface area contributed by atoms with E-state index >= 15 is 0 Å². The maximum Gasteiger partial charge on any atom is 0.338 e. The molecule has 542 valence electrons. The average molecular weight is 1480 g/mol. The second-order valence-electron chi connectivity index (χ2n) is 27.2. The molecule has 16 nitrogen and oxygen atoms in total. The maximum absolute atomic E-state index is 14.1. The van der Waals surface area contributed by atoms with E-state index in [0.29, 0.717) is 133 Å². The first kappa shape index (κ1) is 71.0. The SMILES string of the molecule is [C-]#[N+]c1cccc(-c2cc(-n3c4ccc(C(=O)OCc5ccccc5)cc4c4cc(C(=O)OCc5ccccc5)ccc43)ccc2-c2nc(-c3cccc(-c4cccc(C#N)c4)c3)nc(-c3ccc(-n4c5ccc(C(=O)OCc6ccccc6)cc5c5cc(C(=O)OCc6ccccc6)ccc54)cc3-c3cccc(C#N)c3)n2)c1. The molecule has 0 spiro atoms. The fourth-order valence-corrected chi connectivity index (χ4v) is 14.4. The quantitative estimate of drug-likeness (QED) is 0.0396. The first-order chi connectivity index (χ1) is 56.0. The summed E-state index contributed by atoms with van der Waals surface area (Å²) in [5, 5.41) is 23.2. The molecule has 3 aromatic heterocycles. The van der Waals surface area contributed by atoms with Gasteiger partial charge in [-0.15, -0.1) is 0 Å². The first-order valence-electron chi connectivity index (χ1n) is 36.6. The van der Waals surface area contributed by atoms with Gasteiger partial charge in [0.2, 0.25) is 0 Å². The highest BCUT2D eigenvalue weighted by atomic mass is 16.5. The standard InChI is InChI=1S/C98H62N8O8/c1-101-77-33-17-31-71(49-77)83-55-79(106-90-44-36-75(97(109)113-60-64-22-10-4-11-23-64)52-86(90)87-53-76(37-45-91(87)106)98(110)114-61-65-24-12-5-13-25-65)39-41-81(83)94-103-92(72-32-16-29-69(48-72)68-28-14-26-66(46-68)56-99)102-93(104-94)80-40-38-78(54-82(80)70-30-15-27-67(47-70)57-100)105-88-42-34-73(95(107)111-58-62-18-6-2-7-19-62)50-84(88)85-51-74(35-43-89(85)105)96(108)112-59-63-20-8-3-9-21-63/h2-55H,58-61H2. The van der Waals surface area contributed by atoms with Gasteiger partial charge < -0.3 is 28.1 Å². The monoisotopic (exact) mass is 1480 g/mol. The summed E-state index contributed by atoms with van der Waals surface area (Å²) >= 11 is 0. The lowest BCUT2D eigenvalue weighted by Gasteiger charge is -2.17. The van der Waals surface area contributed by atoms with E-state index in [4.69, 9.17) is 40.5 Å². The van der Waals surface area contributed by atoms with Crippen molar-refractivity contribution < 1.29 is 38.1 Å². The Labute approximate surface area is 654 Å². The number of carbonyl (C=O) groups is 4. The number of ether oxygens (including phenoxy) is 4. The van der Waals surface area contributed by atoms with Crippen molar-refractivity contribution in [3.63, 3.8) is 0 Å². The van der Waals surface area contributed by atoms with Crippen LogP contribution >= 0.6 is 0 Å². The van der Waals surface area contributed by atoms with Crippen molar-refractivity contribution in [2.75, 3.05) is 0 Å². The van der Waals surface area contributed by atoms with Crippen molar-refractivity contribution in [1.82, 2.24) is 24.1 Å². The van der Waals surface area contributed by atoms with Crippen LogP contribution in [0.3, 0.4) is 0 Å². The molecule has 0 unspecified atom stereocenters. The van der Waals surface area contributed by atoms with Crippen molar-refractivity contribution >= 4 is 73.2 Å². The van der Waals surface area contributed by atoms with Gasteiger partial charge in [0.15, 0.2) is 23.2 Å². The van der Waals surface area contributed by atoms with Crippen LogP contribution in [0.5, 0.6) is 0 Å². The molecule has 0 amide bonds. The van der Waals surface area contributed by atoms with Crippen LogP contribution in [0, 0.1) is 29.2 Å². The van der Waals surface area contributed by atoms with Gasteiger partial charge in [-0.3, -0.25) is 0 Å². The van der Waals surface area contributed by atoms with E-state index in [-0.39, 0.29) is 43.9 Å². The molecule has 0 saturated heterocycles. The number of carbonyl (C=O) groups excluding carboxylic acids is 4. The molecule has 0 saturated carbocycles. The van der Waals surface area contributed by atoms with Gasteiger partial charge in [0.1, 0.15) is 26.4 Å². The molecular formula is C98H62N8O8. The summed E-state index contributed by atoms with van der Waals surface area (Å²) in [5.74, 6) is -1.34. The Morgan fingerprint density at radius 3 is 1.01 bits per heavy atom. The third-order valence-corrected chi connectivity index (χ3v) is 20.0. The minimum absolute atomic E-state index is 0.0573. The zero-order chi connectivity index (χ0) is 77.6. The fourth-order valence-electron chi connectivity index (χ4n) is 14.4. The third kappa shape index (κ3) is 14.6. The summed E-state index contributed by atoms with van der Waals surface area (Å²) in [5.41, 5.74) is 15.8. The second-order valence-corrected chi connectivity index (χ2v) is 27.2. The Bertz CT molecular complexity index is 6240. The summed E-state index contributed by atoms with van der Waals surface area (Å²) in [6, 6.07) is 105. The van der Waals surface area contributed by atoms with Gasteiger partial charge >= 0.3 is 23.9 Å². The zero-order valence-electron chi connectivity index (χ0n) is 60.8. The van der Waals surface area contributed by atoms with Crippen LogP contribution in [0.25, 0.3) is 127 Å². The highest BCUT2D eigenvalue weighted by Gasteiger charge is 2.26. The zero-order valence-corrected chi connectivity index (χ0v) is 60.8. The number of hydrogen-bond donors (Lipinski definition) is 0. The Balaban J connectivity index is 0.847. The van der Waals surface area contributed by atoms with Crippen molar-refractivity contribution in [2.24, 2.45) is 0 Å². The van der Waals surface area contributed by atoms with E-state index in [1.54, 1.807) is 66.7 Å². The molecule has 0 fully saturated rings. The number of nitrogens with zero attached hydrogens (tertiary/aromatic N) is 8. The molecule has 0 radical (unpaired) electrons. The van der Waals surface area contributed by atoms with Crippen LogP contribution in [-0.2, 0) is 45.4 Å². The summed E-state index contributed by atoms with van der Waals surface area (Å²) < 4.78 is 27.6. The number of benzene rings is 14. The Morgan fingerprint density at radius 2 is 0.632 bits per heavy atom. The second kappa shape index (κ2) is 31.3. The van der Waals surface area contributed by atoms with Crippen LogP contribution in [0.1, 0.15) is 74.8 Å². The Hall–Kier alpha value is -16.0. The normalized spacial score (nSPS) is 11.1. The van der Waals surface area contributed by atoms with Gasteiger partial charge in [-0.2, -0.15) is 10.5 Å². The summed E-state index contributed by atoms with van der Waals surface area (Å²) in [4.78, 5) is 76.5. The van der Waals surface area contributed by atoms with Crippen LogP contribution in [0.15, 0.2) is 328 Å². The number of hydrogen-bond acceptors (Lipinski definition) is 13.